The van der Waals surface area contributed by atoms with Crippen molar-refractivity contribution in [2.45, 2.75) is 38.0 Å². The minimum Gasteiger partial charge on any atom is -0.465 e. The highest BCUT2D eigenvalue weighted by Gasteiger charge is 2.37. The molecule has 21 heavy (non-hydrogen) atoms. The Hall–Kier alpha value is -1.89. The SMILES string of the molecule is COC(=O)c1ccc(CC2CCCCC#CC2(F)F)cc1. The molecule has 0 amide bonds. The van der Waals surface area contributed by atoms with Gasteiger partial charge in [-0.3, -0.25) is 0 Å². The predicted octanol–water partition coefficient (Wildman–Crippen LogP) is 3.84. The highest BCUT2D eigenvalue weighted by atomic mass is 19.3. The summed E-state index contributed by atoms with van der Waals surface area (Å²) in [6.07, 6.45) is 2.94. The first-order valence-corrected chi connectivity index (χ1v) is 7.08. The summed E-state index contributed by atoms with van der Waals surface area (Å²) in [5, 5.41) is 0. The zero-order valence-electron chi connectivity index (χ0n) is 12.0. The van der Waals surface area contributed by atoms with Crippen LogP contribution in [0.15, 0.2) is 24.3 Å². The van der Waals surface area contributed by atoms with Crippen LogP contribution in [0.3, 0.4) is 0 Å². The summed E-state index contributed by atoms with van der Waals surface area (Å²) in [7, 11) is 1.31. The van der Waals surface area contributed by atoms with Crippen LogP contribution in [0.2, 0.25) is 0 Å². The van der Waals surface area contributed by atoms with Crippen molar-refractivity contribution in [3.8, 4) is 11.8 Å². The largest absolute Gasteiger partial charge is 0.465 e. The van der Waals surface area contributed by atoms with E-state index in [1.54, 1.807) is 24.3 Å². The topological polar surface area (TPSA) is 26.3 Å². The Bertz CT molecular complexity index is 552. The Kier molecular flexibility index (Phi) is 4.95. The number of carbonyl (C=O) groups excluding carboxylic acids is 1. The first-order chi connectivity index (χ1) is 10.0. The summed E-state index contributed by atoms with van der Waals surface area (Å²) in [6.45, 7) is 0. The van der Waals surface area contributed by atoms with Crippen LogP contribution in [0.4, 0.5) is 8.78 Å². The highest BCUT2D eigenvalue weighted by Crippen LogP contribution is 2.32. The fraction of sp³-hybridized carbons (Fsp3) is 0.471. The molecule has 1 aromatic carbocycles. The molecule has 1 aliphatic carbocycles. The van der Waals surface area contributed by atoms with Crippen molar-refractivity contribution in [1.29, 1.82) is 0 Å². The van der Waals surface area contributed by atoms with Crippen LogP contribution in [-0.2, 0) is 11.2 Å². The summed E-state index contributed by atoms with van der Waals surface area (Å²) < 4.78 is 32.6. The van der Waals surface area contributed by atoms with Crippen LogP contribution in [0.5, 0.6) is 0 Å². The van der Waals surface area contributed by atoms with Gasteiger partial charge in [-0.25, -0.2) is 4.79 Å². The molecule has 4 heteroatoms. The molecule has 1 aromatic rings. The molecule has 0 fully saturated rings. The molecular weight excluding hydrogens is 274 g/mol. The first-order valence-electron chi connectivity index (χ1n) is 7.08. The molecule has 112 valence electrons. The number of ether oxygens (including phenoxy) is 1. The number of benzene rings is 1. The van der Waals surface area contributed by atoms with Crippen molar-refractivity contribution < 1.29 is 18.3 Å². The third-order valence-electron chi connectivity index (χ3n) is 3.73. The summed E-state index contributed by atoms with van der Waals surface area (Å²) in [5.41, 5.74) is 1.21. The summed E-state index contributed by atoms with van der Waals surface area (Å²) in [6, 6.07) is 6.62. The lowest BCUT2D eigenvalue weighted by atomic mass is 9.87. The lowest BCUT2D eigenvalue weighted by molar-refractivity contribution is -0.00443. The number of rotatable bonds is 3. The molecule has 0 spiro atoms. The molecule has 1 atom stereocenters. The van der Waals surface area contributed by atoms with E-state index < -0.39 is 17.8 Å². The maximum atomic E-state index is 14.0. The van der Waals surface area contributed by atoms with Gasteiger partial charge in [-0.05, 0) is 42.9 Å². The Morgan fingerprint density at radius 2 is 2.05 bits per heavy atom. The molecule has 2 rings (SSSR count). The van der Waals surface area contributed by atoms with E-state index in [9.17, 15) is 13.6 Å². The monoisotopic (exact) mass is 292 g/mol. The van der Waals surface area contributed by atoms with Gasteiger partial charge in [0.2, 0.25) is 0 Å². The number of hydrogen-bond donors (Lipinski definition) is 0. The van der Waals surface area contributed by atoms with E-state index in [4.69, 9.17) is 0 Å². The first kappa shape index (κ1) is 15.5. The predicted molar refractivity (Wildman–Crippen MR) is 76.2 cm³/mol. The highest BCUT2D eigenvalue weighted by molar-refractivity contribution is 5.89. The maximum absolute atomic E-state index is 14.0. The van der Waals surface area contributed by atoms with Gasteiger partial charge in [-0.2, -0.15) is 8.78 Å². The molecule has 0 saturated carbocycles. The Morgan fingerprint density at radius 3 is 2.71 bits per heavy atom. The average molecular weight is 292 g/mol. The molecular formula is C17H18F2O2. The molecule has 2 nitrogen and oxygen atoms in total. The van der Waals surface area contributed by atoms with Crippen LogP contribution in [0, 0.1) is 17.8 Å². The fourth-order valence-electron chi connectivity index (χ4n) is 2.48. The van der Waals surface area contributed by atoms with E-state index in [2.05, 4.69) is 16.6 Å². The number of hydrogen-bond acceptors (Lipinski definition) is 2. The van der Waals surface area contributed by atoms with E-state index >= 15 is 0 Å². The van der Waals surface area contributed by atoms with Crippen LogP contribution in [0.1, 0.15) is 41.6 Å². The quantitative estimate of drug-likeness (QED) is 0.625. The summed E-state index contributed by atoms with van der Waals surface area (Å²) >= 11 is 0. The fourth-order valence-corrected chi connectivity index (χ4v) is 2.48. The summed E-state index contributed by atoms with van der Waals surface area (Å²) in [5.74, 6) is 0.537. The number of esters is 1. The van der Waals surface area contributed by atoms with E-state index in [1.165, 1.54) is 7.11 Å². The molecule has 1 aliphatic rings. The molecule has 0 bridgehead atoms. The second-order valence-corrected chi connectivity index (χ2v) is 5.26. The van der Waals surface area contributed by atoms with Gasteiger partial charge < -0.3 is 4.74 Å². The minimum absolute atomic E-state index is 0.267. The van der Waals surface area contributed by atoms with E-state index in [0.29, 0.717) is 18.4 Å². The zero-order valence-corrected chi connectivity index (χ0v) is 12.0. The molecule has 0 saturated heterocycles. The minimum atomic E-state index is -2.94. The van der Waals surface area contributed by atoms with Crippen molar-refractivity contribution >= 4 is 5.97 Å². The van der Waals surface area contributed by atoms with Crippen LogP contribution in [0.25, 0.3) is 0 Å². The standard InChI is InChI=1S/C17H18F2O2/c1-21-16(20)14-9-7-13(8-10-14)12-15-6-4-2-3-5-11-17(15,18)19/h7-10,15H,2-4,6,12H2,1H3. The van der Waals surface area contributed by atoms with Crippen LogP contribution < -0.4 is 0 Å². The molecule has 1 unspecified atom stereocenters. The van der Waals surface area contributed by atoms with Crippen LogP contribution in [-0.4, -0.2) is 19.0 Å². The normalized spacial score (nSPS) is 20.6. The van der Waals surface area contributed by atoms with Gasteiger partial charge in [0.25, 0.3) is 0 Å². The van der Waals surface area contributed by atoms with E-state index in [1.807, 2.05) is 0 Å². The van der Waals surface area contributed by atoms with Gasteiger partial charge in [-0.15, -0.1) is 0 Å². The third kappa shape index (κ3) is 4.04. The van der Waals surface area contributed by atoms with Crippen molar-refractivity contribution in [2.24, 2.45) is 5.92 Å². The molecule has 0 radical (unpaired) electrons. The van der Waals surface area contributed by atoms with Gasteiger partial charge >= 0.3 is 11.9 Å². The van der Waals surface area contributed by atoms with E-state index in [-0.39, 0.29) is 6.42 Å². The van der Waals surface area contributed by atoms with Crippen molar-refractivity contribution in [3.63, 3.8) is 0 Å². The van der Waals surface area contributed by atoms with Crippen molar-refractivity contribution in [3.05, 3.63) is 35.4 Å². The zero-order chi connectivity index (χ0) is 15.3. The average Bonchev–Trinajstić information content (AvgIpc) is 2.47. The molecule has 0 aliphatic heterocycles. The second-order valence-electron chi connectivity index (χ2n) is 5.26. The van der Waals surface area contributed by atoms with E-state index in [0.717, 1.165) is 18.4 Å². The number of methoxy groups -OCH3 is 1. The number of carbonyl (C=O) groups is 1. The lowest BCUT2D eigenvalue weighted by Gasteiger charge is -2.24. The van der Waals surface area contributed by atoms with Crippen molar-refractivity contribution in [2.75, 3.05) is 7.11 Å². The second kappa shape index (κ2) is 6.71. The molecule has 0 aromatic heterocycles. The van der Waals surface area contributed by atoms with Crippen molar-refractivity contribution in [1.82, 2.24) is 0 Å². The van der Waals surface area contributed by atoms with Gasteiger partial charge in [-0.1, -0.05) is 24.5 Å². The lowest BCUT2D eigenvalue weighted by Crippen LogP contribution is -2.29. The van der Waals surface area contributed by atoms with Gasteiger partial charge in [0.05, 0.1) is 12.7 Å². The Balaban J connectivity index is 2.11. The maximum Gasteiger partial charge on any atom is 0.337 e. The van der Waals surface area contributed by atoms with Gasteiger partial charge in [0.1, 0.15) is 0 Å². The Morgan fingerprint density at radius 1 is 1.33 bits per heavy atom. The number of alkyl halides is 2. The van der Waals surface area contributed by atoms with Gasteiger partial charge in [0.15, 0.2) is 0 Å². The third-order valence-corrected chi connectivity index (χ3v) is 3.73. The molecule has 0 N–H and O–H groups in total. The summed E-state index contributed by atoms with van der Waals surface area (Å²) in [4.78, 5) is 11.3. The Labute approximate surface area is 123 Å². The van der Waals surface area contributed by atoms with Crippen LogP contribution >= 0.6 is 0 Å². The number of halogens is 2. The smallest absolute Gasteiger partial charge is 0.337 e. The van der Waals surface area contributed by atoms with Gasteiger partial charge in [0, 0.05) is 12.3 Å². The molecule has 0 heterocycles.